The van der Waals surface area contributed by atoms with Crippen LogP contribution in [0.25, 0.3) is 34.1 Å². The van der Waals surface area contributed by atoms with Crippen LogP contribution in [0.4, 0.5) is 5.69 Å². The van der Waals surface area contributed by atoms with E-state index >= 15 is 0 Å². The summed E-state index contributed by atoms with van der Waals surface area (Å²) in [6.07, 6.45) is 3.08. The van der Waals surface area contributed by atoms with Crippen molar-refractivity contribution in [3.63, 3.8) is 0 Å². The molecule has 0 saturated heterocycles. The van der Waals surface area contributed by atoms with Gasteiger partial charge in [0.05, 0.1) is 5.69 Å². The summed E-state index contributed by atoms with van der Waals surface area (Å²) in [5, 5.41) is 12.8. The van der Waals surface area contributed by atoms with Crippen molar-refractivity contribution in [1.82, 2.24) is 15.0 Å². The second-order valence-electron chi connectivity index (χ2n) is 8.92. The zero-order valence-corrected chi connectivity index (χ0v) is 21.0. The number of hydrogen-bond acceptors (Lipinski definition) is 4. The van der Waals surface area contributed by atoms with E-state index < -0.39 is 0 Å². The number of hydrogen-bond donors (Lipinski definition) is 1. The number of aryl methyl sites for hydroxylation is 1. The van der Waals surface area contributed by atoms with Crippen molar-refractivity contribution in [2.45, 2.75) is 26.7 Å². The number of halogens is 1. The summed E-state index contributed by atoms with van der Waals surface area (Å²) in [6, 6.07) is 23.0. The van der Waals surface area contributed by atoms with Gasteiger partial charge in [0.2, 0.25) is 5.91 Å². The van der Waals surface area contributed by atoms with Gasteiger partial charge < -0.3 is 9.73 Å². The van der Waals surface area contributed by atoms with Gasteiger partial charge in [-0.2, -0.15) is 4.80 Å². The number of furan rings is 1. The molecular formula is C29H25ClN4O2. The lowest BCUT2D eigenvalue weighted by atomic mass is 10.0. The molecule has 5 aromatic rings. The Morgan fingerprint density at radius 1 is 0.972 bits per heavy atom. The largest absolute Gasteiger partial charge is 0.457 e. The van der Waals surface area contributed by atoms with Crippen LogP contribution >= 0.6 is 11.6 Å². The first-order valence-electron chi connectivity index (χ1n) is 11.7. The molecule has 1 N–H and O–H groups in total. The molecule has 0 aliphatic heterocycles. The molecule has 0 saturated carbocycles. The number of benzene rings is 3. The van der Waals surface area contributed by atoms with Crippen molar-refractivity contribution in [2.75, 3.05) is 5.32 Å². The van der Waals surface area contributed by atoms with Gasteiger partial charge in [0.1, 0.15) is 22.6 Å². The van der Waals surface area contributed by atoms with Crippen LogP contribution in [0, 0.1) is 6.92 Å². The van der Waals surface area contributed by atoms with Gasteiger partial charge in [-0.05, 0) is 90.7 Å². The van der Waals surface area contributed by atoms with Crippen LogP contribution in [0.1, 0.15) is 36.7 Å². The van der Waals surface area contributed by atoms with Crippen LogP contribution in [-0.2, 0) is 4.79 Å². The molecule has 0 fully saturated rings. The molecule has 180 valence electrons. The average Bonchev–Trinajstić information content (AvgIpc) is 3.50. The van der Waals surface area contributed by atoms with Crippen molar-refractivity contribution in [1.29, 1.82) is 0 Å². The molecule has 5 rings (SSSR count). The van der Waals surface area contributed by atoms with E-state index in [1.54, 1.807) is 10.9 Å². The molecule has 1 amide bonds. The second kappa shape index (κ2) is 9.84. The molecule has 6 nitrogen and oxygen atoms in total. The molecular weight excluding hydrogens is 472 g/mol. The number of carbonyl (C=O) groups is 1. The standard InChI is InChI=1S/C29H25ClN4O2/c1-18(2)20-6-10-23(11-7-20)34-32-26-16-19(3)25(17-27(26)33-34)31-29(35)15-13-24-12-14-28(36-24)21-4-8-22(30)9-5-21/h4-18H,1-3H3,(H,31,35)/b15-13+. The van der Waals surface area contributed by atoms with Gasteiger partial charge in [-0.3, -0.25) is 4.79 Å². The van der Waals surface area contributed by atoms with Crippen molar-refractivity contribution < 1.29 is 9.21 Å². The zero-order chi connectivity index (χ0) is 25.2. The molecule has 7 heteroatoms. The fourth-order valence-electron chi connectivity index (χ4n) is 3.85. The van der Waals surface area contributed by atoms with Gasteiger partial charge in [-0.15, -0.1) is 10.2 Å². The van der Waals surface area contributed by atoms with Crippen LogP contribution in [0.3, 0.4) is 0 Å². The van der Waals surface area contributed by atoms with Crippen LogP contribution in [-0.4, -0.2) is 20.9 Å². The van der Waals surface area contributed by atoms with E-state index in [0.29, 0.717) is 33.7 Å². The first-order chi connectivity index (χ1) is 17.4. The Morgan fingerprint density at radius 2 is 1.67 bits per heavy atom. The van der Waals surface area contributed by atoms with Crippen LogP contribution in [0.2, 0.25) is 5.02 Å². The fraction of sp³-hybridized carbons (Fsp3) is 0.138. The van der Waals surface area contributed by atoms with Crippen LogP contribution < -0.4 is 5.32 Å². The van der Waals surface area contributed by atoms with Gasteiger partial charge in [0.15, 0.2) is 0 Å². The first-order valence-corrected chi connectivity index (χ1v) is 12.1. The Bertz CT molecular complexity index is 1560. The summed E-state index contributed by atoms with van der Waals surface area (Å²) in [5.74, 6) is 1.48. The number of anilines is 1. The van der Waals surface area contributed by atoms with E-state index in [1.807, 2.05) is 67.6 Å². The summed E-state index contributed by atoms with van der Waals surface area (Å²) in [7, 11) is 0. The predicted octanol–water partition coefficient (Wildman–Crippen LogP) is 7.42. The van der Waals surface area contributed by atoms with E-state index in [2.05, 4.69) is 41.5 Å². The molecule has 2 aromatic heterocycles. The van der Waals surface area contributed by atoms with Gasteiger partial charge in [-0.25, -0.2) is 0 Å². The molecule has 0 radical (unpaired) electrons. The van der Waals surface area contributed by atoms with E-state index in [-0.39, 0.29) is 5.91 Å². The number of nitrogens with zero attached hydrogens (tertiary/aromatic N) is 3. The fourth-order valence-corrected chi connectivity index (χ4v) is 3.98. The van der Waals surface area contributed by atoms with Gasteiger partial charge in [0, 0.05) is 22.3 Å². The Labute approximate surface area is 214 Å². The van der Waals surface area contributed by atoms with E-state index in [1.165, 1.54) is 11.6 Å². The van der Waals surface area contributed by atoms with E-state index in [0.717, 1.165) is 22.3 Å². The summed E-state index contributed by atoms with van der Waals surface area (Å²) in [4.78, 5) is 14.2. The number of aromatic nitrogens is 3. The molecule has 0 bridgehead atoms. The minimum atomic E-state index is -0.265. The van der Waals surface area contributed by atoms with Crippen LogP contribution in [0.15, 0.2) is 83.3 Å². The normalized spacial score (nSPS) is 11.6. The Balaban J connectivity index is 1.30. The molecule has 3 aromatic carbocycles. The highest BCUT2D eigenvalue weighted by Crippen LogP contribution is 2.25. The summed E-state index contributed by atoms with van der Waals surface area (Å²) in [5.41, 5.74) is 6.11. The molecule has 0 atom stereocenters. The monoisotopic (exact) mass is 496 g/mol. The smallest absolute Gasteiger partial charge is 0.248 e. The maximum absolute atomic E-state index is 12.6. The summed E-state index contributed by atoms with van der Waals surface area (Å²) < 4.78 is 5.83. The second-order valence-corrected chi connectivity index (χ2v) is 9.36. The third-order valence-electron chi connectivity index (χ3n) is 5.93. The molecule has 36 heavy (non-hydrogen) atoms. The molecule has 0 spiro atoms. The third kappa shape index (κ3) is 5.09. The van der Waals surface area contributed by atoms with Crippen LogP contribution in [0.5, 0.6) is 0 Å². The quantitative estimate of drug-likeness (QED) is 0.248. The lowest BCUT2D eigenvalue weighted by Crippen LogP contribution is -2.08. The lowest BCUT2D eigenvalue weighted by Gasteiger charge is -2.05. The highest BCUT2D eigenvalue weighted by molar-refractivity contribution is 6.30. The average molecular weight is 497 g/mol. The molecule has 0 unspecified atom stereocenters. The minimum Gasteiger partial charge on any atom is -0.457 e. The number of amides is 1. The number of nitrogens with one attached hydrogen (secondary N) is 1. The maximum Gasteiger partial charge on any atom is 0.248 e. The first kappa shape index (κ1) is 23.6. The Morgan fingerprint density at radius 3 is 2.36 bits per heavy atom. The SMILES string of the molecule is Cc1cc2nn(-c3ccc(C(C)C)cc3)nc2cc1NC(=O)/C=C/c1ccc(-c2ccc(Cl)cc2)o1. The molecule has 0 aliphatic carbocycles. The van der Waals surface area contributed by atoms with Crippen molar-refractivity contribution >= 4 is 40.3 Å². The van der Waals surface area contributed by atoms with Gasteiger partial charge in [-0.1, -0.05) is 37.6 Å². The number of carbonyl (C=O) groups excluding carboxylic acids is 1. The van der Waals surface area contributed by atoms with Gasteiger partial charge >= 0.3 is 0 Å². The van der Waals surface area contributed by atoms with Crippen molar-refractivity contribution in [2.24, 2.45) is 0 Å². The Kier molecular flexibility index (Phi) is 6.44. The van der Waals surface area contributed by atoms with Gasteiger partial charge in [0.25, 0.3) is 0 Å². The van der Waals surface area contributed by atoms with Crippen molar-refractivity contribution in [3.05, 3.63) is 101 Å². The molecule has 0 aliphatic rings. The lowest BCUT2D eigenvalue weighted by molar-refractivity contribution is -0.111. The van der Waals surface area contributed by atoms with E-state index in [9.17, 15) is 4.79 Å². The highest BCUT2D eigenvalue weighted by Gasteiger charge is 2.11. The summed E-state index contributed by atoms with van der Waals surface area (Å²) >= 11 is 5.95. The van der Waals surface area contributed by atoms with E-state index in [4.69, 9.17) is 16.0 Å². The van der Waals surface area contributed by atoms with Crippen molar-refractivity contribution in [3.8, 4) is 17.0 Å². The predicted molar refractivity (Wildman–Crippen MR) is 145 cm³/mol. The minimum absolute atomic E-state index is 0.265. The number of rotatable bonds is 6. The third-order valence-corrected chi connectivity index (χ3v) is 6.18. The topological polar surface area (TPSA) is 73.0 Å². The number of fused-ring (bicyclic) bond motifs is 1. The summed E-state index contributed by atoms with van der Waals surface area (Å²) in [6.45, 7) is 6.26. The maximum atomic E-state index is 12.6. The zero-order valence-electron chi connectivity index (χ0n) is 20.2. The highest BCUT2D eigenvalue weighted by atomic mass is 35.5. The molecule has 2 heterocycles. The Hall–Kier alpha value is -4.16.